The summed E-state index contributed by atoms with van der Waals surface area (Å²) in [7, 11) is -0.0466. The molecule has 0 aliphatic rings. The number of hydrogen-bond donors (Lipinski definition) is 0. The molecule has 0 spiro atoms. The molecule has 0 radical (unpaired) electrons. The van der Waals surface area contributed by atoms with Gasteiger partial charge in [-0.05, 0) is 52.1 Å². The Morgan fingerprint density at radius 2 is 1.80 bits per heavy atom. The lowest BCUT2D eigenvalue weighted by atomic mass is 10.1. The molecule has 0 saturated heterocycles. The van der Waals surface area contributed by atoms with Gasteiger partial charge in [-0.2, -0.15) is 0 Å². The van der Waals surface area contributed by atoms with E-state index in [9.17, 15) is 4.79 Å². The Hall–Kier alpha value is -1.57. The van der Waals surface area contributed by atoms with Gasteiger partial charge in [0.2, 0.25) is 0 Å². The number of ether oxygens (including phenoxy) is 2. The zero-order chi connectivity index (χ0) is 18.2. The summed E-state index contributed by atoms with van der Waals surface area (Å²) in [6.45, 7) is 7.28. The predicted octanol–water partition coefficient (Wildman–Crippen LogP) is 5.37. The van der Waals surface area contributed by atoms with Crippen LogP contribution in [0.5, 0.6) is 11.5 Å². The van der Waals surface area contributed by atoms with E-state index in [0.29, 0.717) is 29.5 Å². The monoisotopic (exact) mass is 378 g/mol. The van der Waals surface area contributed by atoms with Crippen molar-refractivity contribution >= 4 is 31.0 Å². The Kier molecular flexibility index (Phi) is 7.74. The summed E-state index contributed by atoms with van der Waals surface area (Å²) in [5, 5.41) is 1.37. The molecule has 2 aromatic rings. The van der Waals surface area contributed by atoms with Crippen molar-refractivity contribution in [1.29, 1.82) is 0 Å². The Balaban J connectivity index is 2.26. The Labute approximate surface area is 156 Å². The van der Waals surface area contributed by atoms with Crippen molar-refractivity contribution in [3.8, 4) is 11.5 Å². The van der Waals surface area contributed by atoms with Crippen molar-refractivity contribution in [2.24, 2.45) is 0 Å². The van der Waals surface area contributed by atoms with E-state index in [4.69, 9.17) is 21.1 Å². The van der Waals surface area contributed by atoms with E-state index >= 15 is 0 Å². The molecule has 1 unspecified atom stereocenters. The van der Waals surface area contributed by atoms with Crippen LogP contribution in [0.2, 0.25) is 5.02 Å². The van der Waals surface area contributed by atoms with Gasteiger partial charge in [-0.3, -0.25) is 4.79 Å². The zero-order valence-corrected chi connectivity index (χ0v) is 16.7. The molecule has 2 rings (SSSR count). The summed E-state index contributed by atoms with van der Waals surface area (Å²) >= 11 is 6.23. The highest BCUT2D eigenvalue weighted by molar-refractivity contribution is 7.66. The third-order valence-electron chi connectivity index (χ3n) is 3.58. The molecule has 0 aromatic heterocycles. The van der Waals surface area contributed by atoms with E-state index in [2.05, 4.69) is 13.8 Å². The normalized spacial score (nSPS) is 11.0. The van der Waals surface area contributed by atoms with Gasteiger partial charge in [0.25, 0.3) is 0 Å². The number of carbonyl (C=O) groups is 1. The molecule has 0 fully saturated rings. The first-order chi connectivity index (χ1) is 12.1. The van der Waals surface area contributed by atoms with Crippen molar-refractivity contribution in [2.45, 2.75) is 33.6 Å². The third-order valence-corrected chi connectivity index (χ3v) is 5.06. The lowest BCUT2D eigenvalue weighted by molar-refractivity contribution is 0.108. The van der Waals surface area contributed by atoms with E-state index in [-0.39, 0.29) is 14.1 Å². The molecule has 0 bridgehead atoms. The standard InChI is InChI=1S/C20H24ClO3P/c1-4-11-23-15-9-10-18(17(13-15)24-12-5-2)25-20(22)19-14(3)7-6-8-16(19)21/h6-10,13,25H,4-5,11-12H2,1-3H3. The van der Waals surface area contributed by atoms with Crippen LogP contribution < -0.4 is 14.8 Å². The van der Waals surface area contributed by atoms with Crippen LogP contribution in [0.15, 0.2) is 36.4 Å². The fourth-order valence-corrected chi connectivity index (χ4v) is 3.87. The Morgan fingerprint density at radius 1 is 1.08 bits per heavy atom. The third kappa shape index (κ3) is 5.45. The first-order valence-corrected chi connectivity index (χ1v) is 9.90. The minimum absolute atomic E-state index is 0.0201. The quantitative estimate of drug-likeness (QED) is 0.550. The molecule has 0 aliphatic heterocycles. The van der Waals surface area contributed by atoms with Crippen LogP contribution in [0.4, 0.5) is 0 Å². The van der Waals surface area contributed by atoms with Crippen molar-refractivity contribution in [3.63, 3.8) is 0 Å². The number of rotatable bonds is 9. The second-order valence-corrected chi connectivity index (χ2v) is 7.39. The van der Waals surface area contributed by atoms with Crippen LogP contribution in [0.25, 0.3) is 0 Å². The number of halogens is 1. The number of benzene rings is 2. The molecule has 0 N–H and O–H groups in total. The molecule has 0 heterocycles. The second kappa shape index (κ2) is 9.79. The highest BCUT2D eigenvalue weighted by Crippen LogP contribution is 2.31. The minimum atomic E-state index is -0.0466. The maximum atomic E-state index is 12.8. The molecule has 1 atom stereocenters. The summed E-state index contributed by atoms with van der Waals surface area (Å²) < 4.78 is 11.5. The average Bonchev–Trinajstić information content (AvgIpc) is 2.59. The van der Waals surface area contributed by atoms with Gasteiger partial charge in [-0.25, -0.2) is 0 Å². The molecule has 25 heavy (non-hydrogen) atoms. The van der Waals surface area contributed by atoms with Crippen molar-refractivity contribution < 1.29 is 14.3 Å². The van der Waals surface area contributed by atoms with Crippen molar-refractivity contribution in [3.05, 3.63) is 52.5 Å². The van der Waals surface area contributed by atoms with Gasteiger partial charge in [-0.1, -0.05) is 37.6 Å². The van der Waals surface area contributed by atoms with Gasteiger partial charge in [0.05, 0.1) is 18.2 Å². The molecule has 134 valence electrons. The van der Waals surface area contributed by atoms with E-state index in [1.54, 1.807) is 6.07 Å². The minimum Gasteiger partial charge on any atom is -0.493 e. The van der Waals surface area contributed by atoms with Crippen LogP contribution in [-0.4, -0.2) is 18.7 Å². The van der Waals surface area contributed by atoms with E-state index in [1.165, 1.54) is 0 Å². The average molecular weight is 379 g/mol. The smallest absolute Gasteiger partial charge is 0.187 e. The summed E-state index contributed by atoms with van der Waals surface area (Å²) in [6, 6.07) is 11.2. The zero-order valence-electron chi connectivity index (χ0n) is 14.9. The number of carbonyl (C=O) groups excluding carboxylic acids is 1. The van der Waals surface area contributed by atoms with Crippen molar-refractivity contribution in [2.75, 3.05) is 13.2 Å². The van der Waals surface area contributed by atoms with E-state index < -0.39 is 0 Å². The Bertz CT molecular complexity index is 711. The highest BCUT2D eigenvalue weighted by atomic mass is 35.5. The SMILES string of the molecule is CCCOc1ccc(PC(=O)c2c(C)cccc2Cl)c(OCCC)c1. The number of aryl methyl sites for hydroxylation is 1. The lowest BCUT2D eigenvalue weighted by Gasteiger charge is -2.14. The molecule has 5 heteroatoms. The van der Waals surface area contributed by atoms with Crippen LogP contribution in [0, 0.1) is 6.92 Å². The van der Waals surface area contributed by atoms with Crippen molar-refractivity contribution in [1.82, 2.24) is 0 Å². The molecular formula is C20H24ClO3P. The first kappa shape index (κ1) is 19.8. The van der Waals surface area contributed by atoms with Crippen LogP contribution in [0.1, 0.15) is 42.6 Å². The second-order valence-electron chi connectivity index (χ2n) is 5.74. The first-order valence-electron chi connectivity index (χ1n) is 8.52. The van der Waals surface area contributed by atoms with Crippen LogP contribution in [0.3, 0.4) is 0 Å². The molecule has 3 nitrogen and oxygen atoms in total. The molecular weight excluding hydrogens is 355 g/mol. The molecule has 2 aromatic carbocycles. The fraction of sp³-hybridized carbons (Fsp3) is 0.350. The molecule has 0 amide bonds. The van der Waals surface area contributed by atoms with Crippen LogP contribution >= 0.6 is 20.2 Å². The van der Waals surface area contributed by atoms with Gasteiger partial charge in [0, 0.05) is 16.9 Å². The predicted molar refractivity (Wildman–Crippen MR) is 106 cm³/mol. The maximum Gasteiger partial charge on any atom is 0.187 e. The van der Waals surface area contributed by atoms with Gasteiger partial charge >= 0.3 is 0 Å². The van der Waals surface area contributed by atoms with Gasteiger partial charge in [0.15, 0.2) is 5.52 Å². The maximum absolute atomic E-state index is 12.8. The molecule has 0 saturated carbocycles. The highest BCUT2D eigenvalue weighted by Gasteiger charge is 2.17. The topological polar surface area (TPSA) is 35.5 Å². The van der Waals surface area contributed by atoms with Gasteiger partial charge < -0.3 is 9.47 Å². The van der Waals surface area contributed by atoms with Gasteiger partial charge in [-0.15, -0.1) is 0 Å². The fourth-order valence-electron chi connectivity index (χ4n) is 2.35. The Morgan fingerprint density at radius 3 is 2.48 bits per heavy atom. The van der Waals surface area contributed by atoms with Crippen LogP contribution in [-0.2, 0) is 0 Å². The summed E-state index contributed by atoms with van der Waals surface area (Å²) in [5.41, 5.74) is 1.51. The lowest BCUT2D eigenvalue weighted by Crippen LogP contribution is -2.09. The molecule has 0 aliphatic carbocycles. The number of hydrogen-bond acceptors (Lipinski definition) is 3. The summed E-state index contributed by atoms with van der Waals surface area (Å²) in [6.07, 6.45) is 1.85. The van der Waals surface area contributed by atoms with E-state index in [1.807, 2.05) is 37.3 Å². The summed E-state index contributed by atoms with van der Waals surface area (Å²) in [4.78, 5) is 12.8. The van der Waals surface area contributed by atoms with Gasteiger partial charge in [0.1, 0.15) is 11.5 Å². The largest absolute Gasteiger partial charge is 0.493 e. The summed E-state index contributed by atoms with van der Waals surface area (Å²) in [5.74, 6) is 1.48. The van der Waals surface area contributed by atoms with E-state index in [0.717, 1.165) is 29.5 Å².